The van der Waals surface area contributed by atoms with E-state index in [1.807, 2.05) is 22.6 Å². The van der Waals surface area contributed by atoms with Gasteiger partial charge < -0.3 is 4.52 Å². The fourth-order valence-corrected chi connectivity index (χ4v) is 3.73. The molecule has 7 nitrogen and oxygen atoms in total. The Hall–Kier alpha value is -2.23. The Morgan fingerprint density at radius 3 is 2.96 bits per heavy atom. The highest BCUT2D eigenvalue weighted by molar-refractivity contribution is 14.1. The Labute approximate surface area is 149 Å². The first-order chi connectivity index (χ1) is 11.6. The topological polar surface area (TPSA) is 78.2 Å². The Bertz CT molecular complexity index is 1170. The summed E-state index contributed by atoms with van der Waals surface area (Å²) in [6.07, 6.45) is 3.88. The Balaban J connectivity index is 1.85. The van der Waals surface area contributed by atoms with Gasteiger partial charge in [-0.3, -0.25) is 13.8 Å². The minimum atomic E-state index is -0.0600. The van der Waals surface area contributed by atoms with Crippen molar-refractivity contribution < 1.29 is 4.52 Å². The third-order valence-corrected chi connectivity index (χ3v) is 5.31. The van der Waals surface area contributed by atoms with Crippen LogP contribution in [-0.2, 0) is 7.05 Å². The second-order valence-electron chi connectivity index (χ2n) is 6.02. The van der Waals surface area contributed by atoms with Crippen LogP contribution in [0.5, 0.6) is 0 Å². The van der Waals surface area contributed by atoms with Crippen molar-refractivity contribution in [1.82, 2.24) is 24.1 Å². The van der Waals surface area contributed by atoms with E-state index in [0.717, 1.165) is 21.9 Å². The summed E-state index contributed by atoms with van der Waals surface area (Å²) in [5.74, 6) is 1.47. The summed E-state index contributed by atoms with van der Waals surface area (Å²) in [4.78, 5) is 21.7. The SMILES string of the molecule is Cn1c(=O)c2c(I)cccc2n2cnc(-c3noc(C4CC4)n3)c12. The van der Waals surface area contributed by atoms with Crippen LogP contribution in [-0.4, -0.2) is 24.1 Å². The zero-order valence-corrected chi connectivity index (χ0v) is 14.9. The molecule has 0 bridgehead atoms. The van der Waals surface area contributed by atoms with Crippen LogP contribution in [0, 0.1) is 3.57 Å². The van der Waals surface area contributed by atoms with Crippen molar-refractivity contribution in [2.24, 2.45) is 7.05 Å². The molecule has 4 aromatic rings. The zero-order chi connectivity index (χ0) is 16.4. The van der Waals surface area contributed by atoms with E-state index in [1.54, 1.807) is 17.9 Å². The molecule has 0 radical (unpaired) electrons. The molecule has 120 valence electrons. The summed E-state index contributed by atoms with van der Waals surface area (Å²) in [6, 6.07) is 5.78. The lowest BCUT2D eigenvalue weighted by molar-refractivity contribution is 0.380. The van der Waals surface area contributed by atoms with Gasteiger partial charge in [-0.2, -0.15) is 4.98 Å². The van der Waals surface area contributed by atoms with E-state index in [2.05, 4.69) is 37.7 Å². The molecule has 24 heavy (non-hydrogen) atoms. The van der Waals surface area contributed by atoms with E-state index < -0.39 is 0 Å². The molecule has 3 heterocycles. The first-order valence-corrected chi connectivity index (χ1v) is 8.71. The predicted molar refractivity (Wildman–Crippen MR) is 95.9 cm³/mol. The molecule has 0 atom stereocenters. The van der Waals surface area contributed by atoms with E-state index in [0.29, 0.717) is 34.4 Å². The van der Waals surface area contributed by atoms with E-state index in [1.165, 1.54) is 0 Å². The highest BCUT2D eigenvalue weighted by Crippen LogP contribution is 2.39. The number of hydrogen-bond donors (Lipinski definition) is 0. The molecule has 0 saturated heterocycles. The van der Waals surface area contributed by atoms with Gasteiger partial charge in [0.25, 0.3) is 5.56 Å². The number of imidazole rings is 1. The first-order valence-electron chi connectivity index (χ1n) is 7.63. The third kappa shape index (κ3) is 1.89. The Morgan fingerprint density at radius 2 is 2.17 bits per heavy atom. The van der Waals surface area contributed by atoms with Gasteiger partial charge in [0, 0.05) is 16.5 Å². The minimum Gasteiger partial charge on any atom is -0.339 e. The lowest BCUT2D eigenvalue weighted by Gasteiger charge is -2.08. The van der Waals surface area contributed by atoms with Gasteiger partial charge in [-0.05, 0) is 47.6 Å². The van der Waals surface area contributed by atoms with Crippen molar-refractivity contribution >= 4 is 39.1 Å². The van der Waals surface area contributed by atoms with Crippen LogP contribution >= 0.6 is 22.6 Å². The highest BCUT2D eigenvalue weighted by atomic mass is 127. The average Bonchev–Trinajstić information content (AvgIpc) is 3.14. The van der Waals surface area contributed by atoms with Gasteiger partial charge in [-0.25, -0.2) is 4.98 Å². The molecule has 3 aromatic heterocycles. The molecule has 8 heteroatoms. The van der Waals surface area contributed by atoms with Crippen molar-refractivity contribution in [1.29, 1.82) is 0 Å². The van der Waals surface area contributed by atoms with Crippen molar-refractivity contribution in [2.45, 2.75) is 18.8 Å². The van der Waals surface area contributed by atoms with Crippen LogP contribution in [0.4, 0.5) is 0 Å². The molecule has 0 amide bonds. The van der Waals surface area contributed by atoms with Crippen LogP contribution in [0.1, 0.15) is 24.7 Å². The normalized spacial score (nSPS) is 14.8. The summed E-state index contributed by atoms with van der Waals surface area (Å²) in [5, 5.41) is 4.74. The molecular formula is C16H12IN5O2. The lowest BCUT2D eigenvalue weighted by atomic mass is 10.2. The maximum Gasteiger partial charge on any atom is 0.262 e. The Kier molecular flexibility index (Phi) is 2.88. The van der Waals surface area contributed by atoms with Gasteiger partial charge in [0.2, 0.25) is 11.7 Å². The second kappa shape index (κ2) is 4.88. The fourth-order valence-electron chi connectivity index (χ4n) is 3.01. The summed E-state index contributed by atoms with van der Waals surface area (Å²) in [6.45, 7) is 0. The monoisotopic (exact) mass is 433 g/mol. The van der Waals surface area contributed by atoms with Gasteiger partial charge in [0.05, 0.1) is 10.9 Å². The fraction of sp³-hybridized carbons (Fsp3) is 0.250. The van der Waals surface area contributed by atoms with E-state index in [-0.39, 0.29) is 5.56 Å². The quantitative estimate of drug-likeness (QED) is 0.455. The van der Waals surface area contributed by atoms with Crippen LogP contribution < -0.4 is 5.56 Å². The smallest absolute Gasteiger partial charge is 0.262 e. The summed E-state index contributed by atoms with van der Waals surface area (Å²) in [7, 11) is 1.74. The molecule has 1 saturated carbocycles. The predicted octanol–water partition coefficient (Wildman–Crippen LogP) is 2.72. The molecule has 1 aliphatic carbocycles. The number of benzene rings is 1. The second-order valence-corrected chi connectivity index (χ2v) is 7.18. The number of halogens is 1. The van der Waals surface area contributed by atoms with Crippen molar-refractivity contribution in [2.75, 3.05) is 0 Å². The van der Waals surface area contributed by atoms with Crippen LogP contribution in [0.3, 0.4) is 0 Å². The van der Waals surface area contributed by atoms with Crippen LogP contribution in [0.15, 0.2) is 33.8 Å². The summed E-state index contributed by atoms with van der Waals surface area (Å²) in [5.41, 5.74) is 1.99. The van der Waals surface area contributed by atoms with E-state index in [4.69, 9.17) is 4.52 Å². The summed E-state index contributed by atoms with van der Waals surface area (Å²) >= 11 is 2.18. The van der Waals surface area contributed by atoms with Gasteiger partial charge in [0.1, 0.15) is 6.33 Å². The van der Waals surface area contributed by atoms with Crippen LogP contribution in [0.2, 0.25) is 0 Å². The van der Waals surface area contributed by atoms with Gasteiger partial charge in [0.15, 0.2) is 11.3 Å². The lowest BCUT2D eigenvalue weighted by Crippen LogP contribution is -2.20. The van der Waals surface area contributed by atoms with Gasteiger partial charge in [-0.15, -0.1) is 0 Å². The maximum atomic E-state index is 12.8. The number of hydrogen-bond acceptors (Lipinski definition) is 5. The molecule has 5 rings (SSSR count). The Morgan fingerprint density at radius 1 is 1.33 bits per heavy atom. The van der Waals surface area contributed by atoms with Crippen molar-refractivity contribution in [3.05, 3.63) is 44.3 Å². The minimum absolute atomic E-state index is 0.0600. The van der Waals surface area contributed by atoms with Gasteiger partial charge >= 0.3 is 0 Å². The van der Waals surface area contributed by atoms with Crippen molar-refractivity contribution in [3.8, 4) is 11.5 Å². The molecule has 1 fully saturated rings. The van der Waals surface area contributed by atoms with E-state index in [9.17, 15) is 4.79 Å². The number of rotatable bonds is 2. The molecule has 1 aliphatic rings. The number of fused-ring (bicyclic) bond motifs is 3. The van der Waals surface area contributed by atoms with E-state index >= 15 is 0 Å². The van der Waals surface area contributed by atoms with Crippen LogP contribution in [0.25, 0.3) is 28.1 Å². The standard InChI is InChI=1S/C16H12IN5O2/c1-21-15-12(13-19-14(24-20-13)8-5-6-8)18-7-22(15)10-4-2-3-9(17)11(10)16(21)23/h2-4,7-8H,5-6H2,1H3. The van der Waals surface area contributed by atoms with Gasteiger partial charge in [-0.1, -0.05) is 11.2 Å². The number of nitrogens with zero attached hydrogens (tertiary/aromatic N) is 5. The molecule has 0 unspecified atom stereocenters. The van der Waals surface area contributed by atoms with Crippen molar-refractivity contribution in [3.63, 3.8) is 0 Å². The average molecular weight is 433 g/mol. The molecule has 0 N–H and O–H groups in total. The maximum absolute atomic E-state index is 12.8. The zero-order valence-electron chi connectivity index (χ0n) is 12.7. The highest BCUT2D eigenvalue weighted by Gasteiger charge is 2.30. The molecule has 0 aliphatic heterocycles. The molecule has 0 spiro atoms. The molecular weight excluding hydrogens is 421 g/mol. The first kappa shape index (κ1) is 14.1. The molecule has 1 aromatic carbocycles. The third-order valence-electron chi connectivity index (χ3n) is 4.41. The number of aryl methyl sites for hydroxylation is 1. The number of aromatic nitrogens is 5. The summed E-state index contributed by atoms with van der Waals surface area (Å²) < 4.78 is 9.76. The largest absolute Gasteiger partial charge is 0.339 e.